The van der Waals surface area contributed by atoms with Gasteiger partial charge in [0.15, 0.2) is 6.04 Å². The van der Waals surface area contributed by atoms with Gasteiger partial charge in [-0.25, -0.2) is 0 Å². The molecule has 0 bridgehead atoms. The molecule has 2 rings (SSSR count). The minimum atomic E-state index is -4.42. The zero-order chi connectivity index (χ0) is 14.8. The van der Waals surface area contributed by atoms with Crippen LogP contribution in [0, 0.1) is 0 Å². The van der Waals surface area contributed by atoms with E-state index in [1.54, 1.807) is 6.92 Å². The minimum Gasteiger partial charge on any atom is -0.326 e. The van der Waals surface area contributed by atoms with Crippen LogP contribution in [0.1, 0.15) is 19.4 Å². The van der Waals surface area contributed by atoms with E-state index in [2.05, 4.69) is 5.10 Å². The molecular formula is C14H16F3N3. The monoisotopic (exact) mass is 283 g/mol. The second-order valence-electron chi connectivity index (χ2n) is 4.63. The molecule has 0 spiro atoms. The van der Waals surface area contributed by atoms with Crippen LogP contribution in [0.2, 0.25) is 0 Å². The Balaban J connectivity index is 2.35. The molecule has 0 aliphatic carbocycles. The van der Waals surface area contributed by atoms with Crippen molar-refractivity contribution in [2.45, 2.75) is 31.6 Å². The van der Waals surface area contributed by atoms with Gasteiger partial charge in [0.1, 0.15) is 0 Å². The van der Waals surface area contributed by atoms with E-state index in [0.717, 1.165) is 10.2 Å². The van der Waals surface area contributed by atoms with Crippen LogP contribution in [0.3, 0.4) is 0 Å². The van der Waals surface area contributed by atoms with Gasteiger partial charge < -0.3 is 5.73 Å². The number of aromatic nitrogens is 2. The van der Waals surface area contributed by atoms with Crippen molar-refractivity contribution in [3.63, 3.8) is 0 Å². The topological polar surface area (TPSA) is 43.8 Å². The van der Waals surface area contributed by atoms with E-state index in [9.17, 15) is 13.2 Å². The average molecular weight is 283 g/mol. The summed E-state index contributed by atoms with van der Waals surface area (Å²) in [4.78, 5) is 0. The summed E-state index contributed by atoms with van der Waals surface area (Å²) in [6, 6.07) is 6.33. The average Bonchev–Trinajstić information content (AvgIpc) is 2.87. The molecule has 6 heteroatoms. The predicted molar refractivity (Wildman–Crippen MR) is 71.0 cm³/mol. The van der Waals surface area contributed by atoms with Gasteiger partial charge in [0.05, 0.1) is 6.20 Å². The summed E-state index contributed by atoms with van der Waals surface area (Å²) >= 11 is 0. The summed E-state index contributed by atoms with van der Waals surface area (Å²) in [5.41, 5.74) is 7.07. The van der Waals surface area contributed by atoms with Crippen molar-refractivity contribution in [2.24, 2.45) is 5.73 Å². The molecule has 2 unspecified atom stereocenters. The van der Waals surface area contributed by atoms with E-state index in [1.165, 1.54) is 12.4 Å². The summed E-state index contributed by atoms with van der Waals surface area (Å²) in [6.45, 7) is 1.63. The predicted octanol–water partition coefficient (Wildman–Crippen LogP) is 3.39. The standard InChI is InChI=1S/C14H16F3N3/c1-2-12(18)13(14(15,16)17)20-9-11(8-19-20)10-6-4-3-5-7-10/h3-9,12-13H,2,18H2,1H3. The largest absolute Gasteiger partial charge is 0.412 e. The Bertz CT molecular complexity index is 548. The van der Waals surface area contributed by atoms with Gasteiger partial charge in [0, 0.05) is 17.8 Å². The van der Waals surface area contributed by atoms with Gasteiger partial charge in [0.25, 0.3) is 0 Å². The normalized spacial score (nSPS) is 15.1. The quantitative estimate of drug-likeness (QED) is 0.934. The van der Waals surface area contributed by atoms with Crippen molar-refractivity contribution in [2.75, 3.05) is 0 Å². The maximum Gasteiger partial charge on any atom is 0.412 e. The highest BCUT2D eigenvalue weighted by atomic mass is 19.4. The Morgan fingerprint density at radius 3 is 2.40 bits per heavy atom. The Labute approximate surface area is 115 Å². The van der Waals surface area contributed by atoms with Crippen molar-refractivity contribution >= 4 is 0 Å². The number of rotatable bonds is 4. The molecule has 0 aliphatic rings. The fraction of sp³-hybridized carbons (Fsp3) is 0.357. The van der Waals surface area contributed by atoms with E-state index in [4.69, 9.17) is 5.73 Å². The van der Waals surface area contributed by atoms with E-state index in [0.29, 0.717) is 5.56 Å². The van der Waals surface area contributed by atoms with Gasteiger partial charge in [-0.1, -0.05) is 37.3 Å². The Morgan fingerprint density at radius 1 is 1.20 bits per heavy atom. The first-order valence-corrected chi connectivity index (χ1v) is 6.35. The zero-order valence-electron chi connectivity index (χ0n) is 11.0. The van der Waals surface area contributed by atoms with E-state index in [1.807, 2.05) is 30.3 Å². The second-order valence-corrected chi connectivity index (χ2v) is 4.63. The number of hydrogen-bond donors (Lipinski definition) is 1. The van der Waals surface area contributed by atoms with Gasteiger partial charge in [-0.15, -0.1) is 0 Å². The lowest BCUT2D eigenvalue weighted by Gasteiger charge is -2.25. The van der Waals surface area contributed by atoms with Crippen molar-refractivity contribution in [3.05, 3.63) is 42.7 Å². The molecule has 0 aliphatic heterocycles. The fourth-order valence-corrected chi connectivity index (χ4v) is 2.08. The Morgan fingerprint density at radius 2 is 1.85 bits per heavy atom. The summed E-state index contributed by atoms with van der Waals surface area (Å²) in [5.74, 6) is 0. The second kappa shape index (κ2) is 5.66. The molecule has 1 aromatic heterocycles. The van der Waals surface area contributed by atoms with Crippen LogP contribution >= 0.6 is 0 Å². The van der Waals surface area contributed by atoms with Gasteiger partial charge >= 0.3 is 6.18 Å². The third kappa shape index (κ3) is 3.01. The summed E-state index contributed by atoms with van der Waals surface area (Å²) in [6.07, 6.45) is -1.38. The molecule has 108 valence electrons. The molecule has 2 atom stereocenters. The third-order valence-electron chi connectivity index (χ3n) is 3.21. The van der Waals surface area contributed by atoms with Crippen molar-refractivity contribution < 1.29 is 13.2 Å². The van der Waals surface area contributed by atoms with Gasteiger partial charge in [-0.3, -0.25) is 4.68 Å². The number of halogens is 3. The van der Waals surface area contributed by atoms with Crippen LogP contribution in [-0.2, 0) is 0 Å². The zero-order valence-corrected chi connectivity index (χ0v) is 11.0. The van der Waals surface area contributed by atoms with Gasteiger partial charge in [-0.05, 0) is 12.0 Å². The van der Waals surface area contributed by atoms with E-state index >= 15 is 0 Å². The van der Waals surface area contributed by atoms with Gasteiger partial charge in [-0.2, -0.15) is 18.3 Å². The number of hydrogen-bond acceptors (Lipinski definition) is 2. The SMILES string of the molecule is CCC(N)C(n1cc(-c2ccccc2)cn1)C(F)(F)F. The lowest BCUT2D eigenvalue weighted by Crippen LogP contribution is -2.41. The molecule has 3 nitrogen and oxygen atoms in total. The molecule has 2 N–H and O–H groups in total. The smallest absolute Gasteiger partial charge is 0.326 e. The van der Waals surface area contributed by atoms with Crippen molar-refractivity contribution in [3.8, 4) is 11.1 Å². The van der Waals surface area contributed by atoms with Crippen molar-refractivity contribution in [1.29, 1.82) is 0 Å². The highest BCUT2D eigenvalue weighted by Gasteiger charge is 2.45. The molecule has 1 aromatic carbocycles. The molecule has 0 saturated carbocycles. The van der Waals surface area contributed by atoms with E-state index in [-0.39, 0.29) is 6.42 Å². The van der Waals surface area contributed by atoms with Crippen molar-refractivity contribution in [1.82, 2.24) is 9.78 Å². The number of nitrogens with zero attached hydrogens (tertiary/aromatic N) is 2. The lowest BCUT2D eigenvalue weighted by atomic mass is 10.1. The Kier molecular flexibility index (Phi) is 4.13. The van der Waals surface area contributed by atoms with Crippen LogP contribution in [-0.4, -0.2) is 22.0 Å². The lowest BCUT2D eigenvalue weighted by molar-refractivity contribution is -0.175. The molecule has 0 fully saturated rings. The molecule has 0 saturated heterocycles. The number of alkyl halides is 3. The third-order valence-corrected chi connectivity index (χ3v) is 3.21. The van der Waals surface area contributed by atoms with E-state index < -0.39 is 18.3 Å². The maximum atomic E-state index is 13.1. The molecule has 2 aromatic rings. The van der Waals surface area contributed by atoms with Crippen LogP contribution < -0.4 is 5.73 Å². The highest BCUT2D eigenvalue weighted by Crippen LogP contribution is 2.34. The summed E-state index contributed by atoms with van der Waals surface area (Å²) < 4.78 is 40.3. The first-order chi connectivity index (χ1) is 9.43. The van der Waals surface area contributed by atoms with Crippen LogP contribution in [0.15, 0.2) is 42.7 Å². The Hall–Kier alpha value is -1.82. The molecular weight excluding hydrogens is 267 g/mol. The summed E-state index contributed by atoms with van der Waals surface area (Å²) in [7, 11) is 0. The molecule has 20 heavy (non-hydrogen) atoms. The van der Waals surface area contributed by atoms with Gasteiger partial charge in [0.2, 0.25) is 0 Å². The van der Waals surface area contributed by atoms with Crippen LogP contribution in [0.25, 0.3) is 11.1 Å². The number of nitrogens with two attached hydrogens (primary N) is 1. The highest BCUT2D eigenvalue weighted by molar-refractivity contribution is 5.61. The summed E-state index contributed by atoms with van der Waals surface area (Å²) in [5, 5.41) is 3.85. The molecule has 0 amide bonds. The molecule has 1 heterocycles. The molecule has 0 radical (unpaired) electrons. The number of benzene rings is 1. The van der Waals surface area contributed by atoms with Crippen LogP contribution in [0.4, 0.5) is 13.2 Å². The van der Waals surface area contributed by atoms with Crippen LogP contribution in [0.5, 0.6) is 0 Å². The first kappa shape index (κ1) is 14.6. The first-order valence-electron chi connectivity index (χ1n) is 6.35. The maximum absolute atomic E-state index is 13.1. The minimum absolute atomic E-state index is 0.227. The fourth-order valence-electron chi connectivity index (χ4n) is 2.08.